The summed E-state index contributed by atoms with van der Waals surface area (Å²) in [6.07, 6.45) is -4.11. The highest BCUT2D eigenvalue weighted by Crippen LogP contribution is 2.17. The molecular weight excluding hydrogens is 347 g/mol. The van der Waals surface area contributed by atoms with Gasteiger partial charge in [0, 0.05) is 13.1 Å². The Morgan fingerprint density at radius 1 is 1.17 bits per heavy atom. The van der Waals surface area contributed by atoms with Crippen molar-refractivity contribution >= 4 is 15.8 Å². The molecule has 0 bridgehead atoms. The maximum atomic E-state index is 12.6. The molecule has 0 saturated carbocycles. The lowest BCUT2D eigenvalue weighted by Gasteiger charge is -2.23. The van der Waals surface area contributed by atoms with Gasteiger partial charge in [0.1, 0.15) is 5.75 Å². The van der Waals surface area contributed by atoms with Crippen LogP contribution in [0.15, 0.2) is 24.3 Å². The monoisotopic (exact) mass is 367 g/mol. The topological polar surface area (TPSA) is 74.7 Å². The van der Waals surface area contributed by atoms with E-state index in [1.807, 2.05) is 31.2 Å². The van der Waals surface area contributed by atoms with Gasteiger partial charge in [0.15, 0.2) is 9.84 Å². The number of hydrogen-bond donors (Lipinski definition) is 1. The standard InChI is InChI=1S/C15H20F3NO4S/c1-12-2-4-13(5-3-12)6-7-19(11-15(16,17)18)8-9-24(22,23)10-14(20)21/h2-5H,6-11H2,1H3,(H,20,21). The molecule has 0 heterocycles. The first-order valence-corrected chi connectivity index (χ1v) is 9.06. The van der Waals surface area contributed by atoms with E-state index in [1.165, 1.54) is 0 Å². The van der Waals surface area contributed by atoms with Gasteiger partial charge in [-0.1, -0.05) is 29.8 Å². The van der Waals surface area contributed by atoms with Crippen molar-refractivity contribution in [2.24, 2.45) is 0 Å². The molecular formula is C15H20F3NO4S. The van der Waals surface area contributed by atoms with Crippen LogP contribution in [0.4, 0.5) is 13.2 Å². The molecule has 0 aromatic heterocycles. The van der Waals surface area contributed by atoms with Crippen LogP contribution < -0.4 is 0 Å². The average Bonchev–Trinajstić information content (AvgIpc) is 2.41. The van der Waals surface area contributed by atoms with E-state index in [0.29, 0.717) is 6.42 Å². The van der Waals surface area contributed by atoms with Gasteiger partial charge in [-0.3, -0.25) is 9.69 Å². The largest absolute Gasteiger partial charge is 0.480 e. The normalized spacial score (nSPS) is 12.5. The zero-order valence-electron chi connectivity index (χ0n) is 13.2. The van der Waals surface area contributed by atoms with Crippen LogP contribution in [0.25, 0.3) is 0 Å². The summed E-state index contributed by atoms with van der Waals surface area (Å²) >= 11 is 0. The molecule has 1 aromatic carbocycles. The minimum atomic E-state index is -4.45. The first-order valence-electron chi connectivity index (χ1n) is 7.24. The van der Waals surface area contributed by atoms with Crippen LogP contribution in [0, 0.1) is 6.92 Å². The predicted molar refractivity (Wildman–Crippen MR) is 83.7 cm³/mol. The Hall–Kier alpha value is -1.61. The summed E-state index contributed by atoms with van der Waals surface area (Å²) < 4.78 is 61.0. The van der Waals surface area contributed by atoms with E-state index in [0.717, 1.165) is 16.0 Å². The molecule has 0 atom stereocenters. The van der Waals surface area contributed by atoms with E-state index in [9.17, 15) is 26.4 Å². The Morgan fingerprint density at radius 2 is 1.75 bits per heavy atom. The van der Waals surface area contributed by atoms with Crippen LogP contribution in [0.3, 0.4) is 0 Å². The Kier molecular flexibility index (Phi) is 7.22. The lowest BCUT2D eigenvalue weighted by molar-refractivity contribution is -0.145. The molecule has 0 unspecified atom stereocenters. The summed E-state index contributed by atoms with van der Waals surface area (Å²) in [5.41, 5.74) is 1.88. The summed E-state index contributed by atoms with van der Waals surface area (Å²) in [6.45, 7) is 0.334. The fourth-order valence-electron chi connectivity index (χ4n) is 2.09. The molecule has 1 N–H and O–H groups in total. The number of sulfone groups is 1. The van der Waals surface area contributed by atoms with Crippen molar-refractivity contribution in [2.45, 2.75) is 19.5 Å². The van der Waals surface area contributed by atoms with Crippen LogP contribution >= 0.6 is 0 Å². The molecule has 0 spiro atoms. The molecule has 136 valence electrons. The number of halogens is 3. The number of hydrogen-bond acceptors (Lipinski definition) is 4. The first kappa shape index (κ1) is 20.4. The van der Waals surface area contributed by atoms with Crippen molar-refractivity contribution in [1.29, 1.82) is 0 Å². The van der Waals surface area contributed by atoms with E-state index in [-0.39, 0.29) is 13.1 Å². The van der Waals surface area contributed by atoms with E-state index >= 15 is 0 Å². The highest BCUT2D eigenvalue weighted by molar-refractivity contribution is 7.92. The van der Waals surface area contributed by atoms with Crippen molar-refractivity contribution in [3.05, 3.63) is 35.4 Å². The van der Waals surface area contributed by atoms with Crippen molar-refractivity contribution in [1.82, 2.24) is 4.90 Å². The van der Waals surface area contributed by atoms with Crippen LogP contribution in [0.2, 0.25) is 0 Å². The molecule has 24 heavy (non-hydrogen) atoms. The van der Waals surface area contributed by atoms with Gasteiger partial charge in [-0.05, 0) is 18.9 Å². The Bertz CT molecular complexity index is 642. The lowest BCUT2D eigenvalue weighted by atomic mass is 10.1. The smallest absolute Gasteiger partial charge is 0.401 e. The summed E-state index contributed by atoms with van der Waals surface area (Å²) in [5, 5.41) is 8.50. The molecule has 1 rings (SSSR count). The Labute approximate surface area is 139 Å². The molecule has 0 radical (unpaired) electrons. The zero-order valence-corrected chi connectivity index (χ0v) is 14.0. The number of benzene rings is 1. The molecule has 9 heteroatoms. The van der Waals surface area contributed by atoms with E-state index in [4.69, 9.17) is 5.11 Å². The minimum Gasteiger partial charge on any atom is -0.480 e. The van der Waals surface area contributed by atoms with Gasteiger partial charge >= 0.3 is 12.1 Å². The predicted octanol–water partition coefficient (Wildman–Crippen LogP) is 1.90. The van der Waals surface area contributed by atoms with E-state index in [2.05, 4.69) is 0 Å². The van der Waals surface area contributed by atoms with Crippen molar-refractivity contribution < 1.29 is 31.5 Å². The molecule has 0 fully saturated rings. The SMILES string of the molecule is Cc1ccc(CCN(CCS(=O)(=O)CC(=O)O)CC(F)(F)F)cc1. The number of alkyl halides is 3. The number of nitrogens with zero attached hydrogens (tertiary/aromatic N) is 1. The zero-order chi connectivity index (χ0) is 18.4. The number of aliphatic carboxylic acids is 1. The molecule has 0 saturated heterocycles. The number of aryl methyl sites for hydroxylation is 1. The van der Waals surface area contributed by atoms with Gasteiger partial charge in [0.05, 0.1) is 12.3 Å². The second-order valence-electron chi connectivity index (χ2n) is 5.61. The third-order valence-corrected chi connectivity index (χ3v) is 4.79. The van der Waals surface area contributed by atoms with E-state index in [1.54, 1.807) is 0 Å². The van der Waals surface area contributed by atoms with Crippen molar-refractivity contribution in [2.75, 3.05) is 31.1 Å². The van der Waals surface area contributed by atoms with Crippen LogP contribution in [0.1, 0.15) is 11.1 Å². The quantitative estimate of drug-likeness (QED) is 0.722. The van der Waals surface area contributed by atoms with Gasteiger partial charge in [-0.15, -0.1) is 0 Å². The second kappa shape index (κ2) is 8.48. The summed E-state index contributed by atoms with van der Waals surface area (Å²) in [6, 6.07) is 7.31. The third-order valence-electron chi connectivity index (χ3n) is 3.30. The number of carboxylic acid groups (broad SMARTS) is 1. The molecule has 0 aliphatic carbocycles. The van der Waals surface area contributed by atoms with Gasteiger partial charge < -0.3 is 5.11 Å². The Balaban J connectivity index is 2.66. The Morgan fingerprint density at radius 3 is 2.25 bits per heavy atom. The molecule has 1 aromatic rings. The highest BCUT2D eigenvalue weighted by atomic mass is 32.2. The van der Waals surface area contributed by atoms with Crippen LogP contribution in [0.5, 0.6) is 0 Å². The second-order valence-corrected chi connectivity index (χ2v) is 7.80. The number of rotatable bonds is 9. The summed E-state index contributed by atoms with van der Waals surface area (Å²) in [5.74, 6) is -3.22. The van der Waals surface area contributed by atoms with Crippen molar-refractivity contribution in [3.63, 3.8) is 0 Å². The molecule has 0 aliphatic heterocycles. The summed E-state index contributed by atoms with van der Waals surface area (Å²) in [4.78, 5) is 11.4. The molecule has 0 amide bonds. The van der Waals surface area contributed by atoms with Gasteiger partial charge in [0.25, 0.3) is 0 Å². The minimum absolute atomic E-state index is 0.0329. The maximum absolute atomic E-state index is 12.6. The van der Waals surface area contributed by atoms with Gasteiger partial charge in [-0.25, -0.2) is 8.42 Å². The van der Waals surface area contributed by atoms with Gasteiger partial charge in [0.2, 0.25) is 0 Å². The molecule has 0 aliphatic rings. The van der Waals surface area contributed by atoms with Crippen molar-refractivity contribution in [3.8, 4) is 0 Å². The lowest BCUT2D eigenvalue weighted by Crippen LogP contribution is -2.39. The van der Waals surface area contributed by atoms with Crippen LogP contribution in [-0.2, 0) is 21.1 Å². The average molecular weight is 367 g/mol. The van der Waals surface area contributed by atoms with Gasteiger partial charge in [-0.2, -0.15) is 13.2 Å². The summed E-state index contributed by atoms with van der Waals surface area (Å²) in [7, 11) is -3.93. The highest BCUT2D eigenvalue weighted by Gasteiger charge is 2.31. The fraction of sp³-hybridized carbons (Fsp3) is 0.533. The maximum Gasteiger partial charge on any atom is 0.401 e. The van der Waals surface area contributed by atoms with Crippen LogP contribution in [-0.4, -0.2) is 61.7 Å². The fourth-order valence-corrected chi connectivity index (χ4v) is 3.15. The molecule has 5 nitrogen and oxygen atoms in total. The number of carbonyl (C=O) groups is 1. The van der Waals surface area contributed by atoms with E-state index < -0.39 is 40.0 Å². The first-order chi connectivity index (χ1) is 11.0. The third kappa shape index (κ3) is 8.88. The number of carboxylic acids is 1.